The van der Waals surface area contributed by atoms with E-state index in [1.54, 1.807) is 4.90 Å². The van der Waals surface area contributed by atoms with Gasteiger partial charge >= 0.3 is 6.09 Å². The average molecular weight is 501 g/mol. The minimum atomic E-state index is -1.04. The van der Waals surface area contributed by atoms with Crippen LogP contribution in [0, 0.1) is 11.6 Å². The van der Waals surface area contributed by atoms with Crippen molar-refractivity contribution in [3.63, 3.8) is 0 Å². The molecule has 36 heavy (non-hydrogen) atoms. The monoisotopic (exact) mass is 500 g/mol. The van der Waals surface area contributed by atoms with Crippen molar-refractivity contribution in [3.05, 3.63) is 65.4 Å². The second-order valence-electron chi connectivity index (χ2n) is 9.60. The number of benzene rings is 1. The van der Waals surface area contributed by atoms with Crippen molar-refractivity contribution < 1.29 is 27.9 Å². The minimum Gasteiger partial charge on any atom is -0.442 e. The molecule has 3 aliphatic heterocycles. The number of imide groups is 1. The normalized spacial score (nSPS) is 20.5. The average Bonchev–Trinajstić information content (AvgIpc) is 2.73. The van der Waals surface area contributed by atoms with Gasteiger partial charge in [-0.1, -0.05) is 24.3 Å². The van der Waals surface area contributed by atoms with Crippen molar-refractivity contribution >= 4 is 23.6 Å². The molecule has 1 aromatic carbocycles. The second kappa shape index (κ2) is 10.5. The van der Waals surface area contributed by atoms with Gasteiger partial charge in [-0.3, -0.25) is 14.9 Å². The van der Waals surface area contributed by atoms with E-state index < -0.39 is 35.5 Å². The number of hydrogen-bond donors (Lipinski definition) is 2. The lowest BCUT2D eigenvalue weighted by molar-refractivity contribution is -0.134. The van der Waals surface area contributed by atoms with E-state index in [9.17, 15) is 23.2 Å². The number of ether oxygens (including phenoxy) is 1. The van der Waals surface area contributed by atoms with Gasteiger partial charge < -0.3 is 19.9 Å². The molecule has 0 radical (unpaired) electrons. The number of alkyl carbamates (subject to hydrolysis) is 1. The molecule has 1 aromatic rings. The molecular formula is C26H30F2N4O4. The number of carbonyl (C=O) groups is 3. The van der Waals surface area contributed by atoms with Crippen LogP contribution < -0.4 is 15.5 Å². The van der Waals surface area contributed by atoms with Gasteiger partial charge in [0, 0.05) is 36.5 Å². The number of halogens is 2. The molecule has 0 aliphatic carbocycles. The van der Waals surface area contributed by atoms with Crippen LogP contribution in [0.2, 0.25) is 0 Å². The highest BCUT2D eigenvalue weighted by Crippen LogP contribution is 2.33. The Balaban J connectivity index is 1.22. The number of anilines is 1. The Hall–Kier alpha value is -3.69. The summed E-state index contributed by atoms with van der Waals surface area (Å²) in [4.78, 5) is 39.3. The van der Waals surface area contributed by atoms with Gasteiger partial charge in [0.2, 0.25) is 11.8 Å². The fourth-order valence-electron chi connectivity index (χ4n) is 4.39. The molecule has 3 amide bonds. The molecule has 0 spiro atoms. The molecule has 3 heterocycles. The maximum absolute atomic E-state index is 14.7. The molecule has 0 aromatic heterocycles. The zero-order chi connectivity index (χ0) is 26.0. The molecule has 192 valence electrons. The Morgan fingerprint density at radius 3 is 2.44 bits per heavy atom. The number of likely N-dealkylation sites (tertiary alicyclic amines) is 1. The predicted octanol–water partition coefficient (Wildman–Crippen LogP) is 3.12. The van der Waals surface area contributed by atoms with Crippen LogP contribution >= 0.6 is 0 Å². The lowest BCUT2D eigenvalue weighted by atomic mass is 9.89. The van der Waals surface area contributed by atoms with E-state index in [1.807, 2.05) is 37.0 Å². The molecule has 1 unspecified atom stereocenters. The number of nitrogens with zero attached hydrogens (tertiary/aromatic N) is 2. The molecule has 0 bridgehead atoms. The van der Waals surface area contributed by atoms with Gasteiger partial charge in [0.1, 0.15) is 17.7 Å². The summed E-state index contributed by atoms with van der Waals surface area (Å²) in [5.74, 6) is -3.84. The van der Waals surface area contributed by atoms with E-state index in [0.717, 1.165) is 5.70 Å². The third kappa shape index (κ3) is 5.75. The Kier molecular flexibility index (Phi) is 7.42. The summed E-state index contributed by atoms with van der Waals surface area (Å²) in [5, 5.41) is 4.89. The quantitative estimate of drug-likeness (QED) is 0.442. The SMILES string of the molecule is C=C(/C=C\C=C(C)C)N1CC(OC(=O)NC2CN(c3cc(F)c(C4CCC(=O)NC4=O)c(F)c3)C2)C1. The predicted molar refractivity (Wildman–Crippen MR) is 130 cm³/mol. The molecule has 2 N–H and O–H groups in total. The summed E-state index contributed by atoms with van der Waals surface area (Å²) in [6, 6.07) is 2.15. The highest BCUT2D eigenvalue weighted by Gasteiger charge is 2.36. The highest BCUT2D eigenvalue weighted by atomic mass is 19.1. The zero-order valence-corrected chi connectivity index (χ0v) is 20.4. The van der Waals surface area contributed by atoms with Gasteiger partial charge in [0.15, 0.2) is 0 Å². The zero-order valence-electron chi connectivity index (χ0n) is 20.4. The van der Waals surface area contributed by atoms with Crippen LogP contribution in [0.15, 0.2) is 48.2 Å². The summed E-state index contributed by atoms with van der Waals surface area (Å²) in [6.07, 6.45) is 5.18. The van der Waals surface area contributed by atoms with Gasteiger partial charge in [-0.25, -0.2) is 13.6 Å². The smallest absolute Gasteiger partial charge is 0.407 e. The van der Waals surface area contributed by atoms with Crippen molar-refractivity contribution in [1.29, 1.82) is 0 Å². The lowest BCUT2D eigenvalue weighted by Gasteiger charge is -2.43. The first-order chi connectivity index (χ1) is 17.1. The molecule has 4 rings (SSSR count). The van der Waals surface area contributed by atoms with E-state index in [1.165, 1.54) is 17.7 Å². The Labute approximate surface area is 208 Å². The standard InChI is InChI=1S/C26H30F2N4O4/c1-15(2)5-4-6-16(3)31-13-19(14-31)36-26(35)29-17-11-32(12-17)18-9-21(27)24(22(28)10-18)20-7-8-23(33)30-25(20)34/h4-6,9-10,17,19-20H,3,7-8,11-14H2,1-2H3,(H,29,35)(H,30,33,34)/b6-4-. The summed E-state index contributed by atoms with van der Waals surface area (Å²) in [7, 11) is 0. The first kappa shape index (κ1) is 25.4. The number of piperidine rings is 1. The maximum Gasteiger partial charge on any atom is 0.407 e. The molecule has 3 saturated heterocycles. The molecule has 3 aliphatic rings. The van der Waals surface area contributed by atoms with Crippen LogP contribution in [-0.2, 0) is 14.3 Å². The topological polar surface area (TPSA) is 91.0 Å². The Morgan fingerprint density at radius 1 is 1.17 bits per heavy atom. The van der Waals surface area contributed by atoms with E-state index in [2.05, 4.69) is 17.2 Å². The van der Waals surface area contributed by atoms with E-state index in [4.69, 9.17) is 4.74 Å². The molecule has 0 saturated carbocycles. The lowest BCUT2D eigenvalue weighted by Crippen LogP contribution is -2.61. The van der Waals surface area contributed by atoms with Gasteiger partial charge in [-0.15, -0.1) is 0 Å². The van der Waals surface area contributed by atoms with Crippen LogP contribution in [0.1, 0.15) is 38.2 Å². The van der Waals surface area contributed by atoms with E-state index >= 15 is 0 Å². The number of nitrogens with one attached hydrogen (secondary N) is 2. The fraction of sp³-hybridized carbons (Fsp3) is 0.423. The number of amides is 3. The molecule has 3 fully saturated rings. The highest BCUT2D eigenvalue weighted by molar-refractivity contribution is 6.01. The largest absolute Gasteiger partial charge is 0.442 e. The van der Waals surface area contributed by atoms with Gasteiger partial charge in [-0.05, 0) is 38.5 Å². The molecule has 10 heteroatoms. The van der Waals surface area contributed by atoms with Crippen molar-refractivity contribution in [1.82, 2.24) is 15.5 Å². The number of allylic oxidation sites excluding steroid dienone is 4. The Morgan fingerprint density at radius 2 is 1.83 bits per heavy atom. The summed E-state index contributed by atoms with van der Waals surface area (Å²) >= 11 is 0. The molecule has 1 atom stereocenters. The number of rotatable bonds is 7. The first-order valence-electron chi connectivity index (χ1n) is 11.9. The maximum atomic E-state index is 14.7. The molecular weight excluding hydrogens is 470 g/mol. The van der Waals surface area contributed by atoms with E-state index in [-0.39, 0.29) is 30.6 Å². The number of carbonyl (C=O) groups excluding carboxylic acids is 3. The summed E-state index contributed by atoms with van der Waals surface area (Å²) in [5.41, 5.74) is 2.04. The third-order valence-corrected chi connectivity index (χ3v) is 6.47. The van der Waals surface area contributed by atoms with Crippen molar-refractivity contribution in [3.8, 4) is 0 Å². The van der Waals surface area contributed by atoms with Gasteiger partial charge in [0.05, 0.1) is 25.0 Å². The summed E-state index contributed by atoms with van der Waals surface area (Å²) in [6.45, 7) is 9.91. The Bertz CT molecular complexity index is 1110. The fourth-order valence-corrected chi connectivity index (χ4v) is 4.39. The van der Waals surface area contributed by atoms with Crippen molar-refractivity contribution in [2.75, 3.05) is 31.1 Å². The molecule has 8 nitrogen and oxygen atoms in total. The van der Waals surface area contributed by atoms with Crippen molar-refractivity contribution in [2.24, 2.45) is 0 Å². The van der Waals surface area contributed by atoms with Crippen LogP contribution in [0.25, 0.3) is 0 Å². The van der Waals surface area contributed by atoms with Crippen LogP contribution in [0.4, 0.5) is 19.3 Å². The number of hydrogen-bond acceptors (Lipinski definition) is 6. The van der Waals surface area contributed by atoms with Crippen LogP contribution in [0.5, 0.6) is 0 Å². The first-order valence-corrected chi connectivity index (χ1v) is 11.9. The van der Waals surface area contributed by atoms with Crippen LogP contribution in [-0.4, -0.2) is 61.1 Å². The van der Waals surface area contributed by atoms with Crippen LogP contribution in [0.3, 0.4) is 0 Å². The van der Waals surface area contributed by atoms with E-state index in [0.29, 0.717) is 31.9 Å². The van der Waals surface area contributed by atoms with Gasteiger partial charge in [0.25, 0.3) is 0 Å². The second-order valence-corrected chi connectivity index (χ2v) is 9.60. The summed E-state index contributed by atoms with van der Waals surface area (Å²) < 4.78 is 34.9. The van der Waals surface area contributed by atoms with Gasteiger partial charge in [-0.2, -0.15) is 0 Å². The van der Waals surface area contributed by atoms with Crippen molar-refractivity contribution in [2.45, 2.75) is 44.8 Å². The third-order valence-electron chi connectivity index (χ3n) is 6.47. The minimum absolute atomic E-state index is 0.0353.